The third-order valence-electron chi connectivity index (χ3n) is 5.33. The Bertz CT molecular complexity index is 1060. The first-order chi connectivity index (χ1) is 15.3. The van der Waals surface area contributed by atoms with Crippen LogP contribution in [0.5, 0.6) is 5.75 Å². The topological polar surface area (TPSA) is 70.6 Å². The zero-order chi connectivity index (χ0) is 21.5. The maximum absolute atomic E-state index is 8.99. The van der Waals surface area contributed by atoms with Gasteiger partial charge in [-0.15, -0.1) is 0 Å². The Labute approximate surface area is 183 Å². The third kappa shape index (κ3) is 5.26. The van der Waals surface area contributed by atoms with Crippen molar-refractivity contribution >= 4 is 11.0 Å². The number of rotatable bonds is 7. The zero-order valence-corrected chi connectivity index (χ0v) is 18.0. The van der Waals surface area contributed by atoms with Crippen LogP contribution >= 0.6 is 0 Å². The van der Waals surface area contributed by atoms with Gasteiger partial charge in [0, 0.05) is 48.8 Å². The largest absolute Gasteiger partial charge is 0.494 e. The maximum Gasteiger partial charge on any atom is 0.138 e. The minimum absolute atomic E-state index is 0.0667. The number of fused-ring (bicyclic) bond motifs is 1. The van der Waals surface area contributed by atoms with Crippen molar-refractivity contribution < 1.29 is 14.6 Å². The Balaban J connectivity index is 1.72. The average molecular weight is 420 g/mol. The molecule has 4 rings (SSSR count). The van der Waals surface area contributed by atoms with E-state index < -0.39 is 0 Å². The highest BCUT2D eigenvalue weighted by atomic mass is 16.5. The van der Waals surface area contributed by atoms with Crippen molar-refractivity contribution in [3.05, 3.63) is 47.7 Å². The molecule has 3 heterocycles. The van der Waals surface area contributed by atoms with Crippen LogP contribution in [0.3, 0.4) is 0 Å². The summed E-state index contributed by atoms with van der Waals surface area (Å²) in [5.74, 6) is 6.98. The van der Waals surface area contributed by atoms with Crippen LogP contribution in [0.1, 0.15) is 30.9 Å². The SMILES string of the molecule is CCCOc1ccc(-c2[nH]c3ncc(C#CCCO)cc3c2CN2CCOCC2)cc1. The number of morpholine rings is 1. The number of hydrogen-bond acceptors (Lipinski definition) is 5. The van der Waals surface area contributed by atoms with Crippen LogP contribution < -0.4 is 4.74 Å². The summed E-state index contributed by atoms with van der Waals surface area (Å²) in [5, 5.41) is 10.1. The molecule has 0 spiro atoms. The third-order valence-corrected chi connectivity index (χ3v) is 5.33. The van der Waals surface area contributed by atoms with E-state index in [0.717, 1.165) is 79.5 Å². The lowest BCUT2D eigenvalue weighted by molar-refractivity contribution is 0.0344. The van der Waals surface area contributed by atoms with Gasteiger partial charge in [-0.1, -0.05) is 18.8 Å². The molecular weight excluding hydrogens is 390 g/mol. The predicted octanol–water partition coefficient (Wildman–Crippen LogP) is 3.58. The zero-order valence-electron chi connectivity index (χ0n) is 18.0. The van der Waals surface area contributed by atoms with Crippen LogP contribution in [0.2, 0.25) is 0 Å². The fraction of sp³-hybridized carbons (Fsp3) is 0.400. The van der Waals surface area contributed by atoms with E-state index in [4.69, 9.17) is 14.6 Å². The fourth-order valence-electron chi connectivity index (χ4n) is 3.74. The molecule has 0 aliphatic carbocycles. The number of aliphatic hydroxyl groups is 1. The lowest BCUT2D eigenvalue weighted by atomic mass is 10.0. The lowest BCUT2D eigenvalue weighted by Gasteiger charge is -2.26. The molecule has 0 radical (unpaired) electrons. The normalized spacial score (nSPS) is 14.4. The Morgan fingerprint density at radius 1 is 1.23 bits per heavy atom. The molecule has 1 aliphatic heterocycles. The average Bonchev–Trinajstić information content (AvgIpc) is 3.16. The van der Waals surface area contributed by atoms with Crippen LogP contribution in [-0.4, -0.2) is 59.5 Å². The van der Waals surface area contributed by atoms with Gasteiger partial charge < -0.3 is 19.6 Å². The first kappa shape index (κ1) is 21.4. The Morgan fingerprint density at radius 3 is 2.77 bits per heavy atom. The first-order valence-corrected chi connectivity index (χ1v) is 10.9. The highest BCUT2D eigenvalue weighted by molar-refractivity contribution is 5.89. The van der Waals surface area contributed by atoms with Gasteiger partial charge in [0.05, 0.1) is 32.1 Å². The first-order valence-electron chi connectivity index (χ1n) is 10.9. The maximum atomic E-state index is 8.99. The van der Waals surface area contributed by atoms with Gasteiger partial charge in [-0.2, -0.15) is 0 Å². The number of ether oxygens (including phenoxy) is 2. The number of aromatic nitrogens is 2. The summed E-state index contributed by atoms with van der Waals surface area (Å²) in [6.45, 7) is 7.07. The van der Waals surface area contributed by atoms with E-state index in [9.17, 15) is 0 Å². The molecule has 0 unspecified atom stereocenters. The quantitative estimate of drug-likeness (QED) is 0.573. The van der Waals surface area contributed by atoms with Crippen molar-refractivity contribution in [3.8, 4) is 28.8 Å². The van der Waals surface area contributed by atoms with E-state index in [1.165, 1.54) is 5.56 Å². The number of nitrogens with one attached hydrogen (secondary N) is 1. The molecular formula is C25H29N3O3. The smallest absolute Gasteiger partial charge is 0.138 e. The standard InChI is InChI=1S/C25H29N3O3/c1-2-13-31-21-8-6-20(7-9-21)24-23(18-28-10-14-30-15-11-28)22-16-19(5-3-4-12-29)17-26-25(22)27-24/h6-9,16-17,29H,2,4,10-15,18H2,1H3,(H,26,27). The molecule has 1 aliphatic rings. The number of aromatic amines is 1. The second-order valence-corrected chi connectivity index (χ2v) is 7.64. The molecule has 0 bridgehead atoms. The monoisotopic (exact) mass is 419 g/mol. The van der Waals surface area contributed by atoms with Crippen LogP contribution in [0, 0.1) is 11.8 Å². The second-order valence-electron chi connectivity index (χ2n) is 7.64. The summed E-state index contributed by atoms with van der Waals surface area (Å²) in [7, 11) is 0. The Morgan fingerprint density at radius 2 is 2.03 bits per heavy atom. The number of hydrogen-bond donors (Lipinski definition) is 2. The van der Waals surface area contributed by atoms with Gasteiger partial charge in [0.2, 0.25) is 0 Å². The van der Waals surface area contributed by atoms with Crippen LogP contribution in [0.15, 0.2) is 36.5 Å². The van der Waals surface area contributed by atoms with E-state index in [2.05, 4.69) is 51.8 Å². The van der Waals surface area contributed by atoms with E-state index in [0.29, 0.717) is 6.42 Å². The minimum Gasteiger partial charge on any atom is -0.494 e. The minimum atomic E-state index is 0.0667. The number of benzene rings is 1. The summed E-state index contributed by atoms with van der Waals surface area (Å²) in [4.78, 5) is 10.6. The van der Waals surface area contributed by atoms with Gasteiger partial charge in [-0.3, -0.25) is 4.90 Å². The summed E-state index contributed by atoms with van der Waals surface area (Å²) >= 11 is 0. The molecule has 162 valence electrons. The van der Waals surface area contributed by atoms with Crippen molar-refractivity contribution in [2.45, 2.75) is 26.3 Å². The summed E-state index contributed by atoms with van der Waals surface area (Å²) in [5.41, 5.74) is 5.13. The van der Waals surface area contributed by atoms with Crippen molar-refractivity contribution in [2.24, 2.45) is 0 Å². The number of pyridine rings is 1. The molecule has 0 atom stereocenters. The number of nitrogens with zero attached hydrogens (tertiary/aromatic N) is 2. The molecule has 2 aromatic heterocycles. The molecule has 3 aromatic rings. The Kier molecular flexibility index (Phi) is 7.21. The van der Waals surface area contributed by atoms with E-state index in [1.54, 1.807) is 6.20 Å². The summed E-state index contributed by atoms with van der Waals surface area (Å²) in [6.07, 6.45) is 3.24. The van der Waals surface area contributed by atoms with E-state index in [-0.39, 0.29) is 6.61 Å². The van der Waals surface area contributed by atoms with Crippen molar-refractivity contribution in [1.29, 1.82) is 0 Å². The van der Waals surface area contributed by atoms with Gasteiger partial charge in [-0.25, -0.2) is 4.98 Å². The van der Waals surface area contributed by atoms with Gasteiger partial charge >= 0.3 is 0 Å². The molecule has 2 N–H and O–H groups in total. The molecule has 1 fully saturated rings. The fourth-order valence-corrected chi connectivity index (χ4v) is 3.74. The lowest BCUT2D eigenvalue weighted by Crippen LogP contribution is -2.35. The molecule has 0 saturated carbocycles. The van der Waals surface area contributed by atoms with Gasteiger partial charge in [0.1, 0.15) is 11.4 Å². The summed E-state index contributed by atoms with van der Waals surface area (Å²) in [6, 6.07) is 10.3. The second kappa shape index (κ2) is 10.5. The molecule has 6 heteroatoms. The molecule has 1 aromatic carbocycles. The predicted molar refractivity (Wildman–Crippen MR) is 122 cm³/mol. The van der Waals surface area contributed by atoms with Crippen molar-refractivity contribution in [3.63, 3.8) is 0 Å². The highest BCUT2D eigenvalue weighted by Crippen LogP contribution is 2.32. The highest BCUT2D eigenvalue weighted by Gasteiger charge is 2.19. The van der Waals surface area contributed by atoms with Crippen LogP contribution in [-0.2, 0) is 11.3 Å². The molecule has 0 amide bonds. The van der Waals surface area contributed by atoms with E-state index >= 15 is 0 Å². The van der Waals surface area contributed by atoms with Gasteiger partial charge in [0.15, 0.2) is 0 Å². The van der Waals surface area contributed by atoms with Gasteiger partial charge in [0.25, 0.3) is 0 Å². The summed E-state index contributed by atoms with van der Waals surface area (Å²) < 4.78 is 11.3. The Hall–Kier alpha value is -2.85. The van der Waals surface area contributed by atoms with Crippen molar-refractivity contribution in [1.82, 2.24) is 14.9 Å². The van der Waals surface area contributed by atoms with E-state index in [1.807, 2.05) is 12.1 Å². The molecule has 31 heavy (non-hydrogen) atoms. The van der Waals surface area contributed by atoms with Crippen LogP contribution in [0.25, 0.3) is 22.3 Å². The van der Waals surface area contributed by atoms with Crippen molar-refractivity contribution in [2.75, 3.05) is 39.5 Å². The molecule has 1 saturated heterocycles. The van der Waals surface area contributed by atoms with Crippen LogP contribution in [0.4, 0.5) is 0 Å². The molecule has 6 nitrogen and oxygen atoms in total. The number of aliphatic hydroxyl groups excluding tert-OH is 1. The van der Waals surface area contributed by atoms with Gasteiger partial charge in [-0.05, 0) is 42.3 Å². The number of H-pyrrole nitrogens is 1.